The summed E-state index contributed by atoms with van der Waals surface area (Å²) in [4.78, 5) is 15.0. The Morgan fingerprint density at radius 3 is 2.32 bits per heavy atom. The fourth-order valence-electron chi connectivity index (χ4n) is 1.43. The molecule has 19 heavy (non-hydrogen) atoms. The highest BCUT2D eigenvalue weighted by Crippen LogP contribution is 2.25. The summed E-state index contributed by atoms with van der Waals surface area (Å²) < 4.78 is 10.5. The lowest BCUT2D eigenvalue weighted by molar-refractivity contribution is -0.00000922. The molecule has 0 unspecified atom stereocenters. The van der Waals surface area contributed by atoms with E-state index in [0.29, 0.717) is 12.3 Å². The number of ether oxygens (including phenoxy) is 2. The van der Waals surface area contributed by atoms with Crippen molar-refractivity contribution >= 4 is 6.09 Å². The van der Waals surface area contributed by atoms with Crippen LogP contribution < -0.4 is 21.9 Å². The van der Waals surface area contributed by atoms with E-state index in [2.05, 4.69) is 0 Å². The van der Waals surface area contributed by atoms with Crippen LogP contribution in [0.15, 0.2) is 18.2 Å². The van der Waals surface area contributed by atoms with Crippen LogP contribution in [0.4, 0.5) is 4.79 Å². The smallest absolute Gasteiger partial charge is 0.414 e. The standard InChI is InChI=1S/C13H20N2O3.ClH/c1-14(2)9-10-8-11(17-5)6-7-12(10)18-13(16)15(3)4;/h6-8H,9H2,1-5H3;1H/p-1. The third kappa shape index (κ3) is 5.36. The first-order chi connectivity index (χ1) is 8.43. The first-order valence-corrected chi connectivity index (χ1v) is 5.65. The lowest BCUT2D eigenvalue weighted by Gasteiger charge is -2.17. The minimum Gasteiger partial charge on any atom is -1.00 e. The summed E-state index contributed by atoms with van der Waals surface area (Å²) in [5.41, 5.74) is 0.912. The molecule has 0 spiro atoms. The minimum atomic E-state index is -0.389. The summed E-state index contributed by atoms with van der Waals surface area (Å²) >= 11 is 0. The molecular weight excluding hydrogens is 268 g/mol. The predicted octanol–water partition coefficient (Wildman–Crippen LogP) is -1.18. The van der Waals surface area contributed by atoms with E-state index in [0.717, 1.165) is 11.3 Å². The number of amides is 1. The van der Waals surface area contributed by atoms with Crippen LogP contribution in [-0.2, 0) is 6.54 Å². The maximum atomic E-state index is 11.6. The van der Waals surface area contributed by atoms with Crippen LogP contribution in [0.5, 0.6) is 11.5 Å². The first kappa shape index (κ1) is 17.5. The molecule has 0 saturated carbocycles. The molecule has 1 amide bonds. The quantitative estimate of drug-likeness (QED) is 0.699. The van der Waals surface area contributed by atoms with Gasteiger partial charge in [-0.05, 0) is 32.3 Å². The Labute approximate surface area is 120 Å². The van der Waals surface area contributed by atoms with Gasteiger partial charge in [-0.2, -0.15) is 0 Å². The number of halogens is 1. The Morgan fingerprint density at radius 1 is 1.21 bits per heavy atom. The first-order valence-electron chi connectivity index (χ1n) is 5.65. The van der Waals surface area contributed by atoms with E-state index < -0.39 is 0 Å². The van der Waals surface area contributed by atoms with Crippen molar-refractivity contribution in [2.24, 2.45) is 0 Å². The van der Waals surface area contributed by atoms with Crippen molar-refractivity contribution in [2.75, 3.05) is 35.3 Å². The number of nitrogens with zero attached hydrogens (tertiary/aromatic N) is 2. The number of hydrogen-bond donors (Lipinski definition) is 0. The van der Waals surface area contributed by atoms with Gasteiger partial charge < -0.3 is 31.7 Å². The molecule has 0 bridgehead atoms. The molecule has 0 aromatic heterocycles. The molecule has 0 heterocycles. The van der Waals surface area contributed by atoms with Crippen LogP contribution in [-0.4, -0.2) is 51.2 Å². The van der Waals surface area contributed by atoms with Crippen molar-refractivity contribution in [3.8, 4) is 11.5 Å². The summed E-state index contributed by atoms with van der Waals surface area (Å²) in [7, 11) is 8.82. The van der Waals surface area contributed by atoms with Gasteiger partial charge in [0.1, 0.15) is 11.5 Å². The van der Waals surface area contributed by atoms with Crippen LogP contribution in [0.1, 0.15) is 5.56 Å². The van der Waals surface area contributed by atoms with Crippen LogP contribution in [0, 0.1) is 0 Å². The third-order valence-corrected chi connectivity index (χ3v) is 2.32. The lowest BCUT2D eigenvalue weighted by atomic mass is 10.2. The summed E-state index contributed by atoms with van der Waals surface area (Å²) in [5.74, 6) is 1.31. The molecule has 0 N–H and O–H groups in total. The van der Waals surface area contributed by atoms with Gasteiger partial charge in [0.2, 0.25) is 0 Å². The molecule has 6 heteroatoms. The Kier molecular flexibility index (Phi) is 7.26. The van der Waals surface area contributed by atoms with Crippen molar-refractivity contribution in [1.82, 2.24) is 9.80 Å². The average Bonchev–Trinajstić information content (AvgIpc) is 2.30. The lowest BCUT2D eigenvalue weighted by Crippen LogP contribution is -3.00. The van der Waals surface area contributed by atoms with Crippen LogP contribution >= 0.6 is 0 Å². The maximum Gasteiger partial charge on any atom is 0.414 e. The van der Waals surface area contributed by atoms with Gasteiger partial charge in [0.25, 0.3) is 0 Å². The number of methoxy groups -OCH3 is 1. The fourth-order valence-corrected chi connectivity index (χ4v) is 1.43. The van der Waals surface area contributed by atoms with Crippen LogP contribution in [0.25, 0.3) is 0 Å². The monoisotopic (exact) mass is 287 g/mol. The number of carbonyl (C=O) groups is 1. The van der Waals surface area contributed by atoms with E-state index in [1.807, 2.05) is 25.1 Å². The van der Waals surface area contributed by atoms with Crippen LogP contribution in [0.3, 0.4) is 0 Å². The summed E-state index contributed by atoms with van der Waals surface area (Å²) in [6.07, 6.45) is -0.389. The molecule has 0 radical (unpaired) electrons. The second kappa shape index (κ2) is 7.86. The Bertz CT molecular complexity index is 422. The topological polar surface area (TPSA) is 42.0 Å². The molecule has 0 aliphatic carbocycles. The highest BCUT2D eigenvalue weighted by Gasteiger charge is 2.12. The zero-order valence-corrected chi connectivity index (χ0v) is 12.7. The maximum absolute atomic E-state index is 11.6. The van der Waals surface area contributed by atoms with Gasteiger partial charge in [-0.15, -0.1) is 0 Å². The molecule has 108 valence electrons. The molecule has 1 aromatic carbocycles. The number of hydrogen-bond acceptors (Lipinski definition) is 4. The zero-order valence-electron chi connectivity index (χ0n) is 11.9. The van der Waals surface area contributed by atoms with Crippen molar-refractivity contribution in [3.05, 3.63) is 23.8 Å². The molecule has 0 fully saturated rings. The second-order valence-electron chi connectivity index (χ2n) is 4.47. The Hall–Kier alpha value is -1.46. The summed E-state index contributed by atoms with van der Waals surface area (Å²) in [6, 6.07) is 5.40. The fraction of sp³-hybridized carbons (Fsp3) is 0.462. The Balaban J connectivity index is 0.00000324. The van der Waals surface area contributed by atoms with E-state index in [9.17, 15) is 4.79 Å². The van der Waals surface area contributed by atoms with E-state index in [1.165, 1.54) is 4.90 Å². The van der Waals surface area contributed by atoms with Gasteiger partial charge in [0.15, 0.2) is 0 Å². The van der Waals surface area contributed by atoms with E-state index >= 15 is 0 Å². The Morgan fingerprint density at radius 2 is 1.84 bits per heavy atom. The molecule has 0 aliphatic heterocycles. The second-order valence-corrected chi connectivity index (χ2v) is 4.47. The van der Waals surface area contributed by atoms with Crippen LogP contribution in [0.2, 0.25) is 0 Å². The molecule has 1 aromatic rings. The molecule has 1 rings (SSSR count). The predicted molar refractivity (Wildman–Crippen MR) is 70.1 cm³/mol. The van der Waals surface area contributed by atoms with Gasteiger partial charge in [-0.3, -0.25) is 0 Å². The van der Waals surface area contributed by atoms with Crippen molar-refractivity contribution in [2.45, 2.75) is 6.54 Å². The van der Waals surface area contributed by atoms with Gasteiger partial charge in [0, 0.05) is 26.2 Å². The number of benzene rings is 1. The minimum absolute atomic E-state index is 0. The number of rotatable bonds is 4. The van der Waals surface area contributed by atoms with Gasteiger partial charge in [-0.1, -0.05) is 0 Å². The molecule has 0 aliphatic rings. The largest absolute Gasteiger partial charge is 1.00 e. The molecule has 0 saturated heterocycles. The normalized spacial score (nSPS) is 9.79. The molecule has 0 atom stereocenters. The van der Waals surface area contributed by atoms with Gasteiger partial charge >= 0.3 is 6.09 Å². The van der Waals surface area contributed by atoms with Gasteiger partial charge in [-0.25, -0.2) is 4.79 Å². The molecular formula is C13H20ClN2O3-. The van der Waals surface area contributed by atoms with Crippen molar-refractivity contribution in [3.63, 3.8) is 0 Å². The van der Waals surface area contributed by atoms with Crippen molar-refractivity contribution < 1.29 is 26.7 Å². The molecule has 5 nitrogen and oxygen atoms in total. The number of carbonyl (C=O) groups excluding carboxylic acids is 1. The van der Waals surface area contributed by atoms with E-state index in [4.69, 9.17) is 9.47 Å². The van der Waals surface area contributed by atoms with Gasteiger partial charge in [0.05, 0.1) is 7.11 Å². The van der Waals surface area contributed by atoms with E-state index in [1.54, 1.807) is 33.3 Å². The van der Waals surface area contributed by atoms with Crippen molar-refractivity contribution in [1.29, 1.82) is 0 Å². The SMILES string of the molecule is COc1ccc(OC(=O)N(C)C)c(CN(C)C)c1.[Cl-]. The third-order valence-electron chi connectivity index (χ3n) is 2.32. The summed E-state index contributed by atoms with van der Waals surface area (Å²) in [5, 5.41) is 0. The van der Waals surface area contributed by atoms with E-state index in [-0.39, 0.29) is 18.5 Å². The highest BCUT2D eigenvalue weighted by molar-refractivity contribution is 5.70. The zero-order chi connectivity index (χ0) is 13.7. The average molecular weight is 288 g/mol. The summed E-state index contributed by atoms with van der Waals surface area (Å²) in [6.45, 7) is 0.674. The highest BCUT2D eigenvalue weighted by atomic mass is 35.5.